The molecule has 2 N–H and O–H groups in total. The number of carbonyl (C=O) groups is 2. The maximum absolute atomic E-state index is 14.4. The molecule has 0 saturated carbocycles. The Kier molecular flexibility index (Phi) is 7.38. The van der Waals surface area contributed by atoms with Crippen molar-refractivity contribution in [2.75, 3.05) is 23.5 Å². The molecular weight excluding hydrogens is 635 g/mol. The van der Waals surface area contributed by atoms with E-state index in [1.54, 1.807) is 21.5 Å². The molecule has 3 aliphatic heterocycles. The molecule has 1 spiro atoms. The second kappa shape index (κ2) is 11.4. The summed E-state index contributed by atoms with van der Waals surface area (Å²) in [6.45, 7) is 6.19. The van der Waals surface area contributed by atoms with E-state index in [1.807, 2.05) is 111 Å². The number of aliphatic hydroxyl groups excluding tert-OH is 1. The number of fused-ring (bicyclic) bond motifs is 2. The molecule has 0 aliphatic carbocycles. The number of aromatic nitrogens is 3. The minimum absolute atomic E-state index is 0.0951. The Morgan fingerprint density at radius 1 is 0.980 bits per heavy atom. The monoisotopic (exact) mass is 673 g/mol. The van der Waals surface area contributed by atoms with E-state index in [-0.39, 0.29) is 35.8 Å². The highest BCUT2D eigenvalue weighted by molar-refractivity contribution is 6.71. The van der Waals surface area contributed by atoms with Crippen LogP contribution in [-0.2, 0) is 21.7 Å². The summed E-state index contributed by atoms with van der Waals surface area (Å²) in [6.07, 6.45) is 1.91. The van der Waals surface area contributed by atoms with Gasteiger partial charge < -0.3 is 19.5 Å². The van der Waals surface area contributed by atoms with E-state index in [1.165, 1.54) is 0 Å². The molecule has 49 heavy (non-hydrogen) atoms. The molecule has 1 fully saturated rings. The predicted molar refractivity (Wildman–Crippen MR) is 189 cm³/mol. The number of rotatable bonds is 8. The van der Waals surface area contributed by atoms with Gasteiger partial charge in [0.15, 0.2) is 13.9 Å². The van der Waals surface area contributed by atoms with Crippen molar-refractivity contribution in [2.45, 2.75) is 56.1 Å². The Labute approximate surface area is 285 Å². The van der Waals surface area contributed by atoms with Crippen LogP contribution in [0.15, 0.2) is 91.1 Å². The van der Waals surface area contributed by atoms with Crippen LogP contribution in [0.5, 0.6) is 0 Å². The van der Waals surface area contributed by atoms with Gasteiger partial charge in [0.1, 0.15) is 0 Å². The van der Waals surface area contributed by atoms with Gasteiger partial charge in [-0.2, -0.15) is 0 Å². The number of benzene rings is 4. The molecule has 250 valence electrons. The highest BCUT2D eigenvalue weighted by Crippen LogP contribution is 2.60. The first-order valence-electron chi connectivity index (χ1n) is 16.8. The molecular formula is C38H39N5O5Si. The fourth-order valence-corrected chi connectivity index (χ4v) is 11.3. The number of carbonyl (C=O) groups excluding carboxylic acids is 2. The van der Waals surface area contributed by atoms with Crippen molar-refractivity contribution in [3.63, 3.8) is 0 Å². The molecule has 5 atom stereocenters. The molecule has 1 saturated heterocycles. The number of amides is 2. The minimum atomic E-state index is -2.88. The van der Waals surface area contributed by atoms with E-state index < -0.39 is 20.0 Å². The Hall–Kier alpha value is -4.68. The van der Waals surface area contributed by atoms with Crippen LogP contribution < -0.4 is 9.80 Å². The molecule has 2 amide bonds. The first kappa shape index (κ1) is 31.6. The zero-order valence-corrected chi connectivity index (χ0v) is 28.9. The number of hydrogen-bond acceptors (Lipinski definition) is 7. The molecule has 8 rings (SSSR count). The second-order valence-corrected chi connectivity index (χ2v) is 18.1. The molecule has 0 bridgehead atoms. The average Bonchev–Trinajstić information content (AvgIpc) is 3.81. The summed E-state index contributed by atoms with van der Waals surface area (Å²) in [5.41, 5.74) is 3.61. The van der Waals surface area contributed by atoms with Crippen LogP contribution in [0, 0.1) is 5.92 Å². The third kappa shape index (κ3) is 4.71. The van der Waals surface area contributed by atoms with Gasteiger partial charge in [-0.15, -0.1) is 5.10 Å². The molecule has 1 aromatic heterocycles. The number of nitrogens with zero attached hydrogens (tertiary/aromatic N) is 5. The standard InChI is InChI=1S/C38H39N5O5Si/c1-23-35(49(3,4)47)33(18-19-42-21-30(39-40-42)28(22-44)24-10-6-5-7-11-24)48-38(23)29-20-26(16-17-31(29)41(2)37(38)46)43-32-15-9-13-25-12-8-14-27(34(25)32)36(43)45/h5-17,20-21,23,28,33,35,44,47H,18-19,22H2,1-4H3/t23-,28?,33+,35-,38+/m1/s1. The van der Waals surface area contributed by atoms with Gasteiger partial charge in [0, 0.05) is 47.9 Å². The zero-order valence-electron chi connectivity index (χ0n) is 27.9. The number of likely N-dealkylation sites (N-methyl/N-ethyl adjacent to an activating group) is 1. The summed E-state index contributed by atoms with van der Waals surface area (Å²) < 4.78 is 8.72. The van der Waals surface area contributed by atoms with Crippen LogP contribution >= 0.6 is 0 Å². The number of ether oxygens (including phenoxy) is 1. The van der Waals surface area contributed by atoms with Gasteiger partial charge in [-0.25, -0.2) is 0 Å². The van der Waals surface area contributed by atoms with Crippen molar-refractivity contribution in [1.29, 1.82) is 0 Å². The summed E-state index contributed by atoms with van der Waals surface area (Å²) in [7, 11) is -1.12. The van der Waals surface area contributed by atoms with E-state index >= 15 is 0 Å². The average molecular weight is 674 g/mol. The predicted octanol–water partition coefficient (Wildman–Crippen LogP) is 5.71. The van der Waals surface area contributed by atoms with Gasteiger partial charge in [0.25, 0.3) is 11.8 Å². The maximum Gasteiger partial charge on any atom is 0.264 e. The van der Waals surface area contributed by atoms with Gasteiger partial charge in [0.05, 0.1) is 41.3 Å². The lowest BCUT2D eigenvalue weighted by molar-refractivity contribution is -0.145. The third-order valence-electron chi connectivity index (χ3n) is 10.9. The van der Waals surface area contributed by atoms with E-state index in [0.717, 1.165) is 27.7 Å². The van der Waals surface area contributed by atoms with Crippen LogP contribution in [0.2, 0.25) is 18.6 Å². The van der Waals surface area contributed by atoms with E-state index in [2.05, 4.69) is 10.3 Å². The molecule has 0 radical (unpaired) electrons. The summed E-state index contributed by atoms with van der Waals surface area (Å²) >= 11 is 0. The minimum Gasteiger partial charge on any atom is -0.432 e. The van der Waals surface area contributed by atoms with E-state index in [4.69, 9.17) is 4.74 Å². The first-order valence-corrected chi connectivity index (χ1v) is 19.8. The molecule has 5 aromatic rings. The molecule has 1 unspecified atom stereocenters. The normalized spacial score (nSPS) is 23.7. The summed E-state index contributed by atoms with van der Waals surface area (Å²) in [5.74, 6) is -0.917. The van der Waals surface area contributed by atoms with Crippen LogP contribution in [0.25, 0.3) is 10.8 Å². The zero-order chi connectivity index (χ0) is 34.2. The maximum atomic E-state index is 14.4. The van der Waals surface area contributed by atoms with Crippen molar-refractivity contribution in [3.05, 3.63) is 114 Å². The fourth-order valence-electron chi connectivity index (χ4n) is 8.65. The highest BCUT2D eigenvalue weighted by atomic mass is 28.4. The SMILES string of the molecule is C[C@@H]1[C@@H]([Si](C)(C)O)[C@H](CCn2cc(C(CO)c3ccccc3)nn2)O[C@@]12C(=O)N(C)c1ccc(N3C(=O)c4cccc5cccc3c45)cc12. The van der Waals surface area contributed by atoms with Crippen molar-refractivity contribution in [1.82, 2.24) is 15.0 Å². The molecule has 11 heteroatoms. The van der Waals surface area contributed by atoms with Gasteiger partial charge >= 0.3 is 0 Å². The number of hydrogen-bond donors (Lipinski definition) is 2. The third-order valence-corrected chi connectivity index (χ3v) is 13.4. The summed E-state index contributed by atoms with van der Waals surface area (Å²) in [4.78, 5) is 43.3. The molecule has 4 aromatic carbocycles. The lowest BCUT2D eigenvalue weighted by atomic mass is 9.82. The number of aliphatic hydroxyl groups is 1. The lowest BCUT2D eigenvalue weighted by Crippen LogP contribution is -2.45. The smallest absolute Gasteiger partial charge is 0.264 e. The lowest BCUT2D eigenvalue weighted by Gasteiger charge is -2.32. The van der Waals surface area contributed by atoms with Gasteiger partial charge in [0.2, 0.25) is 0 Å². The summed E-state index contributed by atoms with van der Waals surface area (Å²) in [6, 6.07) is 27.1. The van der Waals surface area contributed by atoms with Gasteiger partial charge in [-0.1, -0.05) is 66.7 Å². The Morgan fingerprint density at radius 3 is 2.47 bits per heavy atom. The summed E-state index contributed by atoms with van der Waals surface area (Å²) in [5, 5.41) is 20.8. The van der Waals surface area contributed by atoms with Gasteiger partial charge in [-0.3, -0.25) is 19.2 Å². The van der Waals surface area contributed by atoms with Crippen LogP contribution in [0.4, 0.5) is 17.1 Å². The van der Waals surface area contributed by atoms with Gasteiger partial charge in [-0.05, 0) is 60.8 Å². The van der Waals surface area contributed by atoms with Crippen molar-refractivity contribution < 1.29 is 24.2 Å². The van der Waals surface area contributed by atoms with Crippen LogP contribution in [-0.4, -0.2) is 64.8 Å². The topological polar surface area (TPSA) is 121 Å². The number of anilines is 3. The van der Waals surface area contributed by atoms with E-state index in [0.29, 0.717) is 35.5 Å². The van der Waals surface area contributed by atoms with Crippen LogP contribution in [0.1, 0.15) is 46.4 Å². The van der Waals surface area contributed by atoms with E-state index in [9.17, 15) is 19.5 Å². The first-order chi connectivity index (χ1) is 23.5. The Bertz CT molecular complexity index is 2110. The Morgan fingerprint density at radius 2 is 1.73 bits per heavy atom. The molecule has 3 aliphatic rings. The van der Waals surface area contributed by atoms with Crippen molar-refractivity contribution in [3.8, 4) is 0 Å². The van der Waals surface area contributed by atoms with Crippen LogP contribution in [0.3, 0.4) is 0 Å². The largest absolute Gasteiger partial charge is 0.432 e. The quantitative estimate of drug-likeness (QED) is 0.203. The number of aryl methyl sites for hydroxylation is 1. The fraction of sp³-hybridized carbons (Fsp3) is 0.316. The molecule has 10 nitrogen and oxygen atoms in total. The van der Waals surface area contributed by atoms with Crippen molar-refractivity contribution in [2.24, 2.45) is 5.92 Å². The van der Waals surface area contributed by atoms with Crippen molar-refractivity contribution >= 4 is 48.0 Å². The second-order valence-electron chi connectivity index (χ2n) is 14.1. The molecule has 4 heterocycles. The Balaban J connectivity index is 1.13. The highest BCUT2D eigenvalue weighted by Gasteiger charge is 2.65.